The van der Waals surface area contributed by atoms with Crippen molar-refractivity contribution in [3.63, 3.8) is 0 Å². The van der Waals surface area contributed by atoms with E-state index < -0.39 is 14.4 Å². The second kappa shape index (κ2) is 7.00. The summed E-state index contributed by atoms with van der Waals surface area (Å²) in [7, 11) is -2.02. The fraction of sp³-hybridized carbons (Fsp3) is 0.714. The molecule has 0 aromatic carbocycles. The topological polar surface area (TPSA) is 52.4 Å². The normalized spacial score (nSPS) is 15.2. The Balaban J connectivity index is 5.18. The van der Waals surface area contributed by atoms with E-state index in [0.717, 1.165) is 0 Å². The van der Waals surface area contributed by atoms with Crippen molar-refractivity contribution >= 4 is 8.32 Å². The van der Waals surface area contributed by atoms with Crippen LogP contribution < -0.4 is 0 Å². The molecule has 1 atom stereocenters. The van der Waals surface area contributed by atoms with E-state index in [4.69, 9.17) is 4.43 Å². The number of nitrogens with zero attached hydrogens (tertiary/aromatic N) is 1. The lowest BCUT2D eigenvalue weighted by Crippen LogP contribution is -2.45. The monoisotopic (exact) mass is 285 g/mol. The molecule has 0 radical (unpaired) electrons. The molecule has 0 saturated heterocycles. The minimum Gasteiger partial charge on any atom is -0.404 e. The molecule has 0 aliphatic carbocycles. The minimum atomic E-state index is -2.02. The molecule has 110 valence electrons. The van der Waals surface area contributed by atoms with Crippen LogP contribution in [0.3, 0.4) is 0 Å². The fourth-order valence-electron chi connectivity index (χ4n) is 1.48. The van der Waals surface area contributed by atoms with Crippen LogP contribution in [0.4, 0.5) is 0 Å². The lowest BCUT2D eigenvalue weighted by molar-refractivity contribution is -0.435. The maximum atomic E-state index is 11.1. The van der Waals surface area contributed by atoms with E-state index >= 15 is 0 Å². The molecule has 0 heterocycles. The van der Waals surface area contributed by atoms with Gasteiger partial charge >= 0.3 is 0 Å². The number of hydrogen-bond donors (Lipinski definition) is 0. The van der Waals surface area contributed by atoms with Gasteiger partial charge in [-0.2, -0.15) is 0 Å². The highest BCUT2D eigenvalue weighted by Gasteiger charge is 2.41. The zero-order chi connectivity index (χ0) is 15.3. The Morgan fingerprint density at radius 1 is 1.47 bits per heavy atom. The first kappa shape index (κ1) is 18.1. The summed E-state index contributed by atoms with van der Waals surface area (Å²) in [5.41, 5.74) is 0.159. The highest BCUT2D eigenvalue weighted by atomic mass is 28.4. The zero-order valence-corrected chi connectivity index (χ0v) is 14.0. The van der Waals surface area contributed by atoms with Gasteiger partial charge in [-0.3, -0.25) is 10.1 Å². The lowest BCUT2D eigenvalue weighted by atomic mass is 10.1. The predicted molar refractivity (Wildman–Crippen MR) is 82.3 cm³/mol. The number of nitro groups is 1. The van der Waals surface area contributed by atoms with Crippen molar-refractivity contribution in [1.29, 1.82) is 0 Å². The molecule has 4 nitrogen and oxygen atoms in total. The van der Waals surface area contributed by atoms with Gasteiger partial charge < -0.3 is 4.43 Å². The highest BCUT2D eigenvalue weighted by molar-refractivity contribution is 6.74. The molecule has 0 aliphatic rings. The molecule has 0 rings (SSSR count). The van der Waals surface area contributed by atoms with E-state index in [9.17, 15) is 10.1 Å². The predicted octanol–water partition coefficient (Wildman–Crippen LogP) is 4.52. The number of rotatable bonds is 7. The van der Waals surface area contributed by atoms with Crippen molar-refractivity contribution < 1.29 is 9.35 Å². The van der Waals surface area contributed by atoms with Crippen LogP contribution in [0.1, 0.15) is 40.5 Å². The Morgan fingerprint density at radius 3 is 2.32 bits per heavy atom. The Labute approximate surface area is 117 Å². The number of hydrogen-bond acceptors (Lipinski definition) is 3. The third-order valence-corrected chi connectivity index (χ3v) is 8.20. The first-order valence-electron chi connectivity index (χ1n) is 6.66. The average molecular weight is 285 g/mol. The van der Waals surface area contributed by atoms with Gasteiger partial charge in [0, 0.05) is 0 Å². The zero-order valence-electron chi connectivity index (χ0n) is 13.0. The Bertz CT molecular complexity index is 356. The van der Waals surface area contributed by atoms with E-state index in [1.54, 1.807) is 19.1 Å². The molecular weight excluding hydrogens is 258 g/mol. The lowest BCUT2D eigenvalue weighted by Gasteiger charge is -2.38. The van der Waals surface area contributed by atoms with Crippen LogP contribution in [0, 0.1) is 10.1 Å². The van der Waals surface area contributed by atoms with Crippen LogP contribution in [-0.2, 0) is 4.43 Å². The molecule has 0 saturated carbocycles. The van der Waals surface area contributed by atoms with E-state index in [-0.39, 0.29) is 15.7 Å². The summed E-state index contributed by atoms with van der Waals surface area (Å²) in [6, 6.07) is 0. The Kier molecular flexibility index (Phi) is 6.66. The summed E-state index contributed by atoms with van der Waals surface area (Å²) >= 11 is 0. The summed E-state index contributed by atoms with van der Waals surface area (Å²) in [6.07, 6.45) is 4.19. The molecule has 0 aromatic rings. The molecule has 0 aromatic heterocycles. The van der Waals surface area contributed by atoms with Crippen LogP contribution >= 0.6 is 0 Å². The van der Waals surface area contributed by atoms with E-state index in [2.05, 4.69) is 40.4 Å². The van der Waals surface area contributed by atoms with Gasteiger partial charge in [0.05, 0.1) is 4.92 Å². The van der Waals surface area contributed by atoms with Crippen molar-refractivity contribution in [2.24, 2.45) is 0 Å². The Morgan fingerprint density at radius 2 is 2.00 bits per heavy atom. The van der Waals surface area contributed by atoms with Gasteiger partial charge in [-0.1, -0.05) is 26.8 Å². The van der Waals surface area contributed by atoms with Gasteiger partial charge in [0.1, 0.15) is 6.10 Å². The second-order valence-electron chi connectivity index (χ2n) is 6.20. The van der Waals surface area contributed by atoms with Gasteiger partial charge in [0.2, 0.25) is 0 Å². The van der Waals surface area contributed by atoms with Crippen LogP contribution in [0.2, 0.25) is 18.1 Å². The van der Waals surface area contributed by atoms with E-state index in [1.165, 1.54) is 0 Å². The van der Waals surface area contributed by atoms with Crippen molar-refractivity contribution in [3.8, 4) is 0 Å². The van der Waals surface area contributed by atoms with Crippen LogP contribution in [-0.4, -0.2) is 19.3 Å². The van der Waals surface area contributed by atoms with Crippen molar-refractivity contribution in [1.82, 2.24) is 0 Å². The smallest absolute Gasteiger partial charge is 0.269 e. The van der Waals surface area contributed by atoms with Crippen molar-refractivity contribution in [2.75, 3.05) is 0 Å². The molecule has 1 unspecified atom stereocenters. The van der Waals surface area contributed by atoms with Gasteiger partial charge in [-0.05, 0) is 44.0 Å². The van der Waals surface area contributed by atoms with Crippen molar-refractivity contribution in [3.05, 3.63) is 34.5 Å². The second-order valence-corrected chi connectivity index (χ2v) is 11.0. The molecule has 0 fully saturated rings. The maximum absolute atomic E-state index is 11.1. The van der Waals surface area contributed by atoms with E-state index in [1.807, 2.05) is 0 Å². The summed E-state index contributed by atoms with van der Waals surface area (Å²) in [4.78, 5) is 10.8. The fourth-order valence-corrected chi connectivity index (χ4v) is 2.78. The van der Waals surface area contributed by atoms with Crippen LogP contribution in [0.15, 0.2) is 24.4 Å². The molecule has 0 spiro atoms. The first-order valence-corrected chi connectivity index (χ1v) is 9.57. The molecule has 0 bridgehead atoms. The minimum absolute atomic E-state index is 0.0366. The maximum Gasteiger partial charge on any atom is 0.269 e. The third-order valence-electron chi connectivity index (χ3n) is 3.71. The van der Waals surface area contributed by atoms with Gasteiger partial charge in [-0.15, -0.1) is 6.58 Å². The molecular formula is C14H27NO3Si. The summed E-state index contributed by atoms with van der Waals surface area (Å²) in [5.74, 6) is 0. The van der Waals surface area contributed by atoms with Crippen LogP contribution in [0.5, 0.6) is 0 Å². The van der Waals surface area contributed by atoms with Crippen molar-refractivity contribution in [2.45, 2.75) is 64.8 Å². The van der Waals surface area contributed by atoms with Gasteiger partial charge in [-0.25, -0.2) is 0 Å². The standard InChI is InChI=1S/C14H27NO3Si/c1-8-10-11-13(12(9-2)15(16)17)18-19(6,7)14(3,4)5/h8-9,13H,1,10-11H2,2-7H3/b12-9+. The molecule has 0 aliphatic heterocycles. The quantitative estimate of drug-likeness (QED) is 0.299. The first-order chi connectivity index (χ1) is 8.56. The summed E-state index contributed by atoms with van der Waals surface area (Å²) in [5, 5.41) is 11.2. The molecule has 0 amide bonds. The van der Waals surface area contributed by atoms with E-state index in [0.29, 0.717) is 12.8 Å². The average Bonchev–Trinajstić information content (AvgIpc) is 2.24. The molecule has 0 N–H and O–H groups in total. The van der Waals surface area contributed by atoms with Gasteiger partial charge in [0.15, 0.2) is 8.32 Å². The third kappa shape index (κ3) is 5.28. The molecule has 5 heteroatoms. The Hall–Kier alpha value is -0.943. The molecule has 19 heavy (non-hydrogen) atoms. The summed E-state index contributed by atoms with van der Waals surface area (Å²) < 4.78 is 6.20. The highest BCUT2D eigenvalue weighted by Crippen LogP contribution is 2.38. The number of allylic oxidation sites excluding steroid dienone is 2. The SMILES string of the molecule is C=CCCC(O[Si](C)(C)C(C)(C)C)/C(=C\C)[N+](=O)[O-]. The van der Waals surface area contributed by atoms with Crippen LogP contribution in [0.25, 0.3) is 0 Å². The largest absolute Gasteiger partial charge is 0.404 e. The summed E-state index contributed by atoms with van der Waals surface area (Å²) in [6.45, 7) is 16.0. The van der Waals surface area contributed by atoms with Gasteiger partial charge in [0.25, 0.3) is 5.70 Å².